The van der Waals surface area contributed by atoms with Crippen molar-refractivity contribution in [3.05, 3.63) is 70.8 Å². The van der Waals surface area contributed by atoms with Gasteiger partial charge in [-0.15, -0.1) is 6.58 Å². The van der Waals surface area contributed by atoms with Gasteiger partial charge in [0.1, 0.15) is 43.1 Å². The molecule has 6 rings (SSSR count). The zero-order valence-corrected chi connectivity index (χ0v) is 33.1. The van der Waals surface area contributed by atoms with Crippen molar-refractivity contribution in [2.24, 2.45) is 0 Å². The third-order valence-electron chi connectivity index (χ3n) is 10.6. The standard InChI is InChI=1S/C40H46N2O16/c1-9-15-50-39-28(41-34(46)18(2)19(3)35(41)47)33(31-27(55-39)17-52-38(57-31)25-13-11-10-12-14-25)58-40-29(42-36(48)20(4)21(5)37(42)49)32(54-24(8)45)30(53-23(7)44)26(56-40)16-51-22(6)43/h9-14,26-33,38-40H,1,15-17H2,2-8H3/t26-,27-,28-,29-,30-,31-,32-,33-,38-,39-,40+/m1/s1. The number of imide groups is 2. The van der Waals surface area contributed by atoms with Crippen LogP contribution < -0.4 is 0 Å². The molecular formula is C40H46N2O16. The Balaban J connectivity index is 1.53. The van der Waals surface area contributed by atoms with Crippen LogP contribution in [0.15, 0.2) is 65.3 Å². The number of nitrogens with zero attached hydrogens (tertiary/aromatic N) is 2. The minimum atomic E-state index is -1.82. The lowest BCUT2D eigenvalue weighted by Gasteiger charge is -2.53. The average molecular weight is 811 g/mol. The second-order valence-electron chi connectivity index (χ2n) is 14.4. The molecule has 0 N–H and O–H groups in total. The number of hydrogen-bond acceptors (Lipinski definition) is 16. The summed E-state index contributed by atoms with van der Waals surface area (Å²) < 4.78 is 55.1. The number of carbonyl (C=O) groups excluding carboxylic acids is 7. The monoisotopic (exact) mass is 810 g/mol. The van der Waals surface area contributed by atoms with Crippen molar-refractivity contribution in [1.29, 1.82) is 0 Å². The summed E-state index contributed by atoms with van der Waals surface area (Å²) in [5.74, 6) is -5.43. The number of esters is 3. The molecule has 1 aromatic carbocycles. The van der Waals surface area contributed by atoms with E-state index in [2.05, 4.69) is 6.58 Å². The first-order valence-corrected chi connectivity index (χ1v) is 18.6. The van der Waals surface area contributed by atoms with E-state index in [1.807, 2.05) is 0 Å². The van der Waals surface area contributed by atoms with Crippen molar-refractivity contribution in [2.45, 2.75) is 116 Å². The lowest BCUT2D eigenvalue weighted by atomic mass is 9.92. The molecule has 0 aliphatic carbocycles. The van der Waals surface area contributed by atoms with Gasteiger partial charge in [0.15, 0.2) is 31.1 Å². The fraction of sp³-hybridized carbons (Fsp3) is 0.525. The molecule has 0 unspecified atom stereocenters. The molecule has 3 saturated heterocycles. The molecule has 4 amide bonds. The number of carbonyl (C=O) groups is 7. The fourth-order valence-corrected chi connectivity index (χ4v) is 7.58. The Kier molecular flexibility index (Phi) is 12.7. The quantitative estimate of drug-likeness (QED) is 0.127. The average Bonchev–Trinajstić information content (AvgIpc) is 3.49. The van der Waals surface area contributed by atoms with Crippen LogP contribution in [-0.4, -0.2) is 132 Å². The van der Waals surface area contributed by atoms with Crippen molar-refractivity contribution in [3.63, 3.8) is 0 Å². The first-order valence-electron chi connectivity index (χ1n) is 18.6. The SMILES string of the molecule is C=CCO[C@@H]1O[C@@H]2CO[C@@H](c3ccccc3)O[C@H]2[C@H](O[C@@H]2O[C@H](COC(C)=O)[C@@H](OC(C)=O)[C@H](OC(C)=O)[C@H]2N2C(=O)C(C)=C(C)C2=O)[C@H]1N1C(=O)C(C)=C(C)C1=O. The van der Waals surface area contributed by atoms with Crippen molar-refractivity contribution in [3.8, 4) is 0 Å². The Hall–Kier alpha value is -5.11. The number of benzene rings is 1. The van der Waals surface area contributed by atoms with Crippen LogP contribution in [0.4, 0.5) is 0 Å². The smallest absolute Gasteiger partial charge is 0.303 e. The first kappa shape index (κ1) is 42.5. The Morgan fingerprint density at radius 1 is 0.724 bits per heavy atom. The van der Waals surface area contributed by atoms with Crippen molar-refractivity contribution in [1.82, 2.24) is 9.80 Å². The zero-order valence-electron chi connectivity index (χ0n) is 33.1. The maximum absolute atomic E-state index is 14.0. The summed E-state index contributed by atoms with van der Waals surface area (Å²) in [7, 11) is 0. The molecule has 18 heteroatoms. The highest BCUT2D eigenvalue weighted by atomic mass is 16.8. The Morgan fingerprint density at radius 3 is 1.78 bits per heavy atom. The van der Waals surface area contributed by atoms with Gasteiger partial charge < -0.3 is 42.6 Å². The molecular weight excluding hydrogens is 764 g/mol. The highest BCUT2D eigenvalue weighted by Gasteiger charge is 2.62. The number of amides is 4. The molecule has 18 nitrogen and oxygen atoms in total. The van der Waals surface area contributed by atoms with E-state index in [4.69, 9.17) is 42.6 Å². The minimum Gasteiger partial charge on any atom is -0.463 e. The van der Waals surface area contributed by atoms with Crippen molar-refractivity contribution >= 4 is 41.5 Å². The molecule has 0 spiro atoms. The Morgan fingerprint density at radius 2 is 1.26 bits per heavy atom. The molecule has 0 bridgehead atoms. The third-order valence-corrected chi connectivity index (χ3v) is 10.6. The van der Waals surface area contributed by atoms with Crippen LogP contribution in [0.1, 0.15) is 60.3 Å². The third kappa shape index (κ3) is 8.12. The van der Waals surface area contributed by atoms with E-state index in [1.54, 1.807) is 30.3 Å². The molecule has 5 aliphatic rings. The van der Waals surface area contributed by atoms with Gasteiger partial charge in [0.05, 0.1) is 13.2 Å². The van der Waals surface area contributed by atoms with Gasteiger partial charge in [-0.2, -0.15) is 0 Å². The second kappa shape index (κ2) is 17.4. The van der Waals surface area contributed by atoms with E-state index in [0.717, 1.165) is 30.6 Å². The van der Waals surface area contributed by atoms with E-state index < -0.39 is 116 Å². The van der Waals surface area contributed by atoms with Crippen molar-refractivity contribution < 1.29 is 76.2 Å². The molecule has 11 atom stereocenters. The summed E-state index contributed by atoms with van der Waals surface area (Å²) in [5, 5.41) is 0. The van der Waals surface area contributed by atoms with Gasteiger partial charge >= 0.3 is 17.9 Å². The molecule has 0 saturated carbocycles. The lowest BCUT2D eigenvalue weighted by Crippen LogP contribution is -2.72. The van der Waals surface area contributed by atoms with Gasteiger partial charge in [-0.1, -0.05) is 36.4 Å². The van der Waals surface area contributed by atoms with E-state index in [0.29, 0.717) is 5.56 Å². The zero-order chi connectivity index (χ0) is 42.2. The van der Waals surface area contributed by atoms with Crippen LogP contribution in [0.5, 0.6) is 0 Å². The Labute approximate surface area is 333 Å². The fourth-order valence-electron chi connectivity index (χ4n) is 7.58. The maximum atomic E-state index is 14.0. The van der Waals surface area contributed by atoms with Crippen LogP contribution in [-0.2, 0) is 76.2 Å². The molecule has 5 aliphatic heterocycles. The summed E-state index contributed by atoms with van der Waals surface area (Å²) in [5.41, 5.74) is 1.06. The van der Waals surface area contributed by atoms with E-state index >= 15 is 0 Å². The van der Waals surface area contributed by atoms with Gasteiger partial charge in [0.25, 0.3) is 23.6 Å². The van der Waals surface area contributed by atoms with Crippen molar-refractivity contribution in [2.75, 3.05) is 19.8 Å². The van der Waals surface area contributed by atoms with Crippen LogP contribution in [0.3, 0.4) is 0 Å². The first-order chi connectivity index (χ1) is 27.5. The molecule has 0 aromatic heterocycles. The molecule has 312 valence electrons. The van der Waals surface area contributed by atoms with Crippen LogP contribution in [0.2, 0.25) is 0 Å². The molecule has 1 aromatic rings. The maximum Gasteiger partial charge on any atom is 0.303 e. The second-order valence-corrected chi connectivity index (χ2v) is 14.4. The van der Waals surface area contributed by atoms with Gasteiger partial charge in [0, 0.05) is 48.6 Å². The van der Waals surface area contributed by atoms with Gasteiger partial charge in [-0.05, 0) is 27.7 Å². The topological polar surface area (TPSA) is 209 Å². The largest absolute Gasteiger partial charge is 0.463 e. The molecule has 0 radical (unpaired) electrons. The summed E-state index contributed by atoms with van der Waals surface area (Å²) in [4.78, 5) is 95.2. The lowest BCUT2D eigenvalue weighted by molar-refractivity contribution is -0.377. The van der Waals surface area contributed by atoms with Gasteiger partial charge in [0.2, 0.25) is 0 Å². The summed E-state index contributed by atoms with van der Waals surface area (Å²) in [6.07, 6.45) is -11.1. The molecule has 3 fully saturated rings. The van der Waals surface area contributed by atoms with Crippen LogP contribution in [0, 0.1) is 0 Å². The number of ether oxygens (including phenoxy) is 9. The normalized spacial score (nSPS) is 32.7. The number of fused-ring (bicyclic) bond motifs is 1. The summed E-state index contributed by atoms with van der Waals surface area (Å²) in [6.45, 7) is 12.1. The van der Waals surface area contributed by atoms with E-state index in [1.165, 1.54) is 33.8 Å². The Bertz CT molecular complexity index is 1880. The number of rotatable bonds is 12. The highest BCUT2D eigenvalue weighted by molar-refractivity contribution is 6.19. The number of hydrogen-bond donors (Lipinski definition) is 0. The minimum absolute atomic E-state index is 0.0713. The summed E-state index contributed by atoms with van der Waals surface area (Å²) >= 11 is 0. The molecule has 58 heavy (non-hydrogen) atoms. The highest BCUT2D eigenvalue weighted by Crippen LogP contribution is 2.42. The predicted octanol–water partition coefficient (Wildman–Crippen LogP) is 1.71. The molecule has 5 heterocycles. The predicted molar refractivity (Wildman–Crippen MR) is 194 cm³/mol. The van der Waals surface area contributed by atoms with Crippen LogP contribution in [0.25, 0.3) is 0 Å². The van der Waals surface area contributed by atoms with Gasteiger partial charge in [-0.25, -0.2) is 0 Å². The van der Waals surface area contributed by atoms with E-state index in [-0.39, 0.29) is 35.5 Å². The summed E-state index contributed by atoms with van der Waals surface area (Å²) in [6, 6.07) is 5.76. The van der Waals surface area contributed by atoms with Gasteiger partial charge in [-0.3, -0.25) is 43.4 Å². The van der Waals surface area contributed by atoms with E-state index in [9.17, 15) is 33.6 Å². The van der Waals surface area contributed by atoms with Crippen LogP contribution >= 0.6 is 0 Å².